The maximum Gasteiger partial charge on any atom is 0.135 e. The predicted octanol–water partition coefficient (Wildman–Crippen LogP) is 8.99. The van der Waals surface area contributed by atoms with E-state index in [-0.39, 0.29) is 5.41 Å². The van der Waals surface area contributed by atoms with Gasteiger partial charge in [-0.05, 0) is 70.8 Å². The van der Waals surface area contributed by atoms with Crippen molar-refractivity contribution in [3.05, 3.63) is 114 Å². The second-order valence-corrected chi connectivity index (χ2v) is 10.2. The first-order chi connectivity index (χ1) is 17.1. The molecule has 0 N–H and O–H groups in total. The Balaban J connectivity index is 1.50. The molecule has 2 nitrogen and oxygen atoms in total. The summed E-state index contributed by atoms with van der Waals surface area (Å²) in [5, 5.41) is 4.95. The first-order valence-corrected chi connectivity index (χ1v) is 12.2. The molecular formula is C33H23NO. The van der Waals surface area contributed by atoms with Crippen LogP contribution in [0.5, 0.6) is 0 Å². The van der Waals surface area contributed by atoms with Crippen LogP contribution in [0.1, 0.15) is 25.0 Å². The molecule has 0 spiro atoms. The lowest BCUT2D eigenvalue weighted by atomic mass is 9.82. The lowest BCUT2D eigenvalue weighted by Crippen LogP contribution is -2.15. The van der Waals surface area contributed by atoms with Gasteiger partial charge in [0, 0.05) is 32.6 Å². The van der Waals surface area contributed by atoms with Gasteiger partial charge < -0.3 is 8.98 Å². The second kappa shape index (κ2) is 6.43. The number of nitrogens with zero attached hydrogens (tertiary/aromatic N) is 1. The first kappa shape index (κ1) is 19.1. The lowest BCUT2D eigenvalue weighted by molar-refractivity contribution is 0.647. The molecule has 0 aliphatic heterocycles. The Bertz CT molecular complexity index is 1970. The van der Waals surface area contributed by atoms with E-state index in [1.807, 2.05) is 6.07 Å². The van der Waals surface area contributed by atoms with E-state index in [1.165, 1.54) is 60.5 Å². The van der Waals surface area contributed by atoms with Gasteiger partial charge in [-0.3, -0.25) is 0 Å². The summed E-state index contributed by atoms with van der Waals surface area (Å²) in [6, 6.07) is 37.3. The maximum absolute atomic E-state index is 6.26. The SMILES string of the molecule is CC1(C)c2cc3oc4ccccc4c3cc2-c2cc3c4ccccc4n(-c4ccccc4)c3cc21. The summed E-state index contributed by atoms with van der Waals surface area (Å²) in [6.07, 6.45) is 0. The molecule has 0 radical (unpaired) electrons. The number of para-hydroxylation sites is 3. The minimum absolute atomic E-state index is 0.121. The van der Waals surface area contributed by atoms with E-state index >= 15 is 0 Å². The topological polar surface area (TPSA) is 18.1 Å². The molecule has 0 saturated heterocycles. The van der Waals surface area contributed by atoms with Gasteiger partial charge in [-0.2, -0.15) is 0 Å². The van der Waals surface area contributed by atoms with Crippen LogP contribution in [0.3, 0.4) is 0 Å². The Morgan fingerprint density at radius 3 is 2.03 bits per heavy atom. The normalized spacial score (nSPS) is 14.2. The van der Waals surface area contributed by atoms with Crippen LogP contribution < -0.4 is 0 Å². The minimum atomic E-state index is -0.121. The molecule has 0 bridgehead atoms. The maximum atomic E-state index is 6.26. The number of rotatable bonds is 1. The van der Waals surface area contributed by atoms with Crippen molar-refractivity contribution in [1.82, 2.24) is 4.57 Å². The van der Waals surface area contributed by atoms with Crippen molar-refractivity contribution in [2.45, 2.75) is 19.3 Å². The van der Waals surface area contributed by atoms with E-state index in [0.717, 1.165) is 11.2 Å². The molecule has 0 unspecified atom stereocenters. The van der Waals surface area contributed by atoms with E-state index in [1.54, 1.807) is 0 Å². The van der Waals surface area contributed by atoms with E-state index in [9.17, 15) is 0 Å². The molecule has 5 aromatic carbocycles. The van der Waals surface area contributed by atoms with Gasteiger partial charge in [0.05, 0.1) is 11.0 Å². The summed E-state index contributed by atoms with van der Waals surface area (Å²) in [5.74, 6) is 0. The first-order valence-electron chi connectivity index (χ1n) is 12.2. The van der Waals surface area contributed by atoms with Gasteiger partial charge >= 0.3 is 0 Å². The van der Waals surface area contributed by atoms with E-state index < -0.39 is 0 Å². The zero-order valence-electron chi connectivity index (χ0n) is 19.7. The molecule has 35 heavy (non-hydrogen) atoms. The quantitative estimate of drug-likeness (QED) is 0.244. The Morgan fingerprint density at radius 1 is 0.543 bits per heavy atom. The lowest BCUT2D eigenvalue weighted by Gasteiger charge is -2.21. The van der Waals surface area contributed by atoms with Crippen molar-refractivity contribution in [1.29, 1.82) is 0 Å². The second-order valence-electron chi connectivity index (χ2n) is 10.2. The van der Waals surface area contributed by atoms with Crippen LogP contribution in [0.25, 0.3) is 60.6 Å². The molecule has 2 heteroatoms. The molecule has 2 heterocycles. The molecule has 0 amide bonds. The molecule has 7 aromatic rings. The van der Waals surface area contributed by atoms with Crippen molar-refractivity contribution in [2.24, 2.45) is 0 Å². The van der Waals surface area contributed by atoms with Crippen LogP contribution in [0.15, 0.2) is 108 Å². The average Bonchev–Trinajstić information content (AvgIpc) is 3.49. The Morgan fingerprint density at radius 2 is 1.20 bits per heavy atom. The summed E-state index contributed by atoms with van der Waals surface area (Å²) < 4.78 is 8.67. The van der Waals surface area contributed by atoms with Crippen LogP contribution in [0, 0.1) is 0 Å². The fourth-order valence-corrected chi connectivity index (χ4v) is 6.27. The highest BCUT2D eigenvalue weighted by Gasteiger charge is 2.37. The summed E-state index contributed by atoms with van der Waals surface area (Å²) in [5.41, 5.74) is 10.8. The van der Waals surface area contributed by atoms with Crippen molar-refractivity contribution < 1.29 is 4.42 Å². The summed E-state index contributed by atoms with van der Waals surface area (Å²) in [6.45, 7) is 4.68. The third kappa shape index (κ3) is 2.39. The van der Waals surface area contributed by atoms with Crippen LogP contribution in [-0.4, -0.2) is 4.57 Å². The molecule has 0 atom stereocenters. The zero-order chi connectivity index (χ0) is 23.3. The van der Waals surface area contributed by atoms with Gasteiger partial charge in [-0.25, -0.2) is 0 Å². The number of aromatic nitrogens is 1. The molecule has 0 fully saturated rings. The molecule has 1 aliphatic rings. The molecule has 166 valence electrons. The fourth-order valence-electron chi connectivity index (χ4n) is 6.27. The van der Waals surface area contributed by atoms with Crippen LogP contribution >= 0.6 is 0 Å². The molecular weight excluding hydrogens is 426 g/mol. The number of hydrogen-bond acceptors (Lipinski definition) is 1. The Kier molecular flexibility index (Phi) is 3.50. The van der Waals surface area contributed by atoms with Gasteiger partial charge in [-0.15, -0.1) is 0 Å². The van der Waals surface area contributed by atoms with E-state index in [4.69, 9.17) is 4.42 Å². The summed E-state index contributed by atoms with van der Waals surface area (Å²) in [4.78, 5) is 0. The summed E-state index contributed by atoms with van der Waals surface area (Å²) in [7, 11) is 0. The monoisotopic (exact) mass is 449 g/mol. The van der Waals surface area contributed by atoms with E-state index in [0.29, 0.717) is 0 Å². The largest absolute Gasteiger partial charge is 0.456 e. The standard InChI is InChI=1S/C33H23NO/c1-33(2)27-18-30-25(21-12-6-8-14-29(21)34(30)20-10-4-3-5-11-20)16-23(27)24-17-26-22-13-7-9-15-31(22)35-32(26)19-28(24)33/h3-19H,1-2H3. The van der Waals surface area contributed by atoms with Crippen molar-refractivity contribution in [2.75, 3.05) is 0 Å². The molecule has 8 rings (SSSR count). The summed E-state index contributed by atoms with van der Waals surface area (Å²) >= 11 is 0. The predicted molar refractivity (Wildman–Crippen MR) is 146 cm³/mol. The number of benzene rings is 5. The zero-order valence-corrected chi connectivity index (χ0v) is 19.7. The Labute approximate surface area is 203 Å². The van der Waals surface area contributed by atoms with Gasteiger partial charge in [0.25, 0.3) is 0 Å². The Hall–Kier alpha value is -4.30. The smallest absolute Gasteiger partial charge is 0.135 e. The number of hydrogen-bond donors (Lipinski definition) is 0. The highest BCUT2D eigenvalue weighted by Crippen LogP contribution is 2.52. The third-order valence-electron chi connectivity index (χ3n) is 7.98. The number of fused-ring (bicyclic) bond motifs is 9. The molecule has 1 aliphatic carbocycles. The fraction of sp³-hybridized carbons (Fsp3) is 0.0909. The van der Waals surface area contributed by atoms with Gasteiger partial charge in [-0.1, -0.05) is 68.4 Å². The van der Waals surface area contributed by atoms with E-state index in [2.05, 4.69) is 115 Å². The minimum Gasteiger partial charge on any atom is -0.456 e. The highest BCUT2D eigenvalue weighted by molar-refractivity contribution is 6.13. The van der Waals surface area contributed by atoms with Gasteiger partial charge in [0.1, 0.15) is 11.2 Å². The van der Waals surface area contributed by atoms with Crippen molar-refractivity contribution in [3.63, 3.8) is 0 Å². The molecule has 2 aromatic heterocycles. The van der Waals surface area contributed by atoms with Crippen LogP contribution in [0.4, 0.5) is 0 Å². The van der Waals surface area contributed by atoms with Crippen LogP contribution in [-0.2, 0) is 5.41 Å². The third-order valence-corrected chi connectivity index (χ3v) is 7.98. The van der Waals surface area contributed by atoms with Crippen molar-refractivity contribution in [3.8, 4) is 16.8 Å². The van der Waals surface area contributed by atoms with Crippen LogP contribution in [0.2, 0.25) is 0 Å². The van der Waals surface area contributed by atoms with Gasteiger partial charge in [0.15, 0.2) is 0 Å². The van der Waals surface area contributed by atoms with Crippen molar-refractivity contribution >= 4 is 43.7 Å². The van der Waals surface area contributed by atoms with Gasteiger partial charge in [0.2, 0.25) is 0 Å². The number of furan rings is 1. The highest BCUT2D eigenvalue weighted by atomic mass is 16.3. The molecule has 0 saturated carbocycles. The average molecular weight is 450 g/mol.